The zero-order valence-electron chi connectivity index (χ0n) is 20.2. The highest BCUT2D eigenvalue weighted by molar-refractivity contribution is 6.32. The smallest absolute Gasteiger partial charge is 0.435 e. The van der Waals surface area contributed by atoms with Gasteiger partial charge in [0.05, 0.1) is 10.7 Å². The largest absolute Gasteiger partial charge is 0.467 e. The van der Waals surface area contributed by atoms with Crippen molar-refractivity contribution in [2.45, 2.75) is 32.4 Å². The molecule has 2 aromatic heterocycles. The van der Waals surface area contributed by atoms with Gasteiger partial charge in [0.1, 0.15) is 11.4 Å². The highest BCUT2D eigenvalue weighted by Gasteiger charge is 2.36. The molecule has 0 fully saturated rings. The fraction of sp³-hybridized carbons (Fsp3) is 0.222. The molecule has 5 rings (SSSR count). The Morgan fingerprint density at radius 2 is 1.89 bits per heavy atom. The maximum Gasteiger partial charge on any atom is 0.435 e. The number of alkyl halides is 3. The van der Waals surface area contributed by atoms with Gasteiger partial charge in [-0.2, -0.15) is 23.0 Å². The minimum Gasteiger partial charge on any atom is -0.467 e. The van der Waals surface area contributed by atoms with Crippen molar-refractivity contribution in [1.29, 1.82) is 0 Å². The molecular formula is C27H22ClF3N4O3. The number of nitrogens with one attached hydrogen (secondary N) is 1. The van der Waals surface area contributed by atoms with E-state index in [1.165, 1.54) is 29.5 Å². The Hall–Kier alpha value is -4.05. The Bertz CT molecular complexity index is 1500. The topological polar surface area (TPSA) is 78.3 Å². The van der Waals surface area contributed by atoms with E-state index >= 15 is 0 Å². The lowest BCUT2D eigenvalue weighted by atomic mass is 10.0. The van der Waals surface area contributed by atoms with Crippen LogP contribution in [0.15, 0.2) is 60.8 Å². The van der Waals surface area contributed by atoms with Gasteiger partial charge in [0.15, 0.2) is 12.3 Å². The summed E-state index contributed by atoms with van der Waals surface area (Å²) in [6.45, 7) is 1.47. The molecule has 11 heteroatoms. The number of rotatable bonds is 7. The third kappa shape index (κ3) is 5.31. The number of amides is 1. The number of anilines is 1. The minimum atomic E-state index is -4.72. The van der Waals surface area contributed by atoms with E-state index in [4.69, 9.17) is 21.1 Å². The molecule has 0 spiro atoms. The van der Waals surface area contributed by atoms with Crippen LogP contribution < -0.4 is 14.8 Å². The highest BCUT2D eigenvalue weighted by atomic mass is 35.5. The van der Waals surface area contributed by atoms with Gasteiger partial charge in [0.25, 0.3) is 5.91 Å². The Balaban J connectivity index is 1.33. The maximum absolute atomic E-state index is 13.3. The van der Waals surface area contributed by atoms with Crippen LogP contribution in [0, 0.1) is 6.92 Å². The Morgan fingerprint density at radius 1 is 1.11 bits per heavy atom. The molecule has 0 saturated heterocycles. The number of para-hydroxylation sites is 1. The summed E-state index contributed by atoms with van der Waals surface area (Å²) >= 11 is 6.15. The quantitative estimate of drug-likeness (QED) is 0.287. The van der Waals surface area contributed by atoms with Crippen molar-refractivity contribution >= 4 is 23.2 Å². The average molecular weight is 543 g/mol. The number of ether oxygens (including phenoxy) is 2. The number of hydrogen-bond acceptors (Lipinski definition) is 5. The normalized spacial score (nSPS) is 12.8. The third-order valence-corrected chi connectivity index (χ3v) is 6.45. The van der Waals surface area contributed by atoms with E-state index in [0.29, 0.717) is 17.5 Å². The number of carbonyl (C=O) groups excluding carboxylic acids is 1. The number of nitrogens with zero attached hydrogens (tertiary/aromatic N) is 3. The molecule has 0 radical (unpaired) electrons. The van der Waals surface area contributed by atoms with E-state index < -0.39 is 24.4 Å². The summed E-state index contributed by atoms with van der Waals surface area (Å²) in [5.74, 6) is -0.0490. The zero-order valence-corrected chi connectivity index (χ0v) is 20.9. The molecule has 2 heterocycles. The second-order valence-electron chi connectivity index (χ2n) is 8.72. The van der Waals surface area contributed by atoms with Crippen LogP contribution in [0.25, 0.3) is 5.69 Å². The number of fused-ring (bicyclic) bond motifs is 1. The Kier molecular flexibility index (Phi) is 6.98. The summed E-state index contributed by atoms with van der Waals surface area (Å²) in [5, 5.41) is 6.41. The van der Waals surface area contributed by atoms with Crippen molar-refractivity contribution in [2.24, 2.45) is 0 Å². The van der Waals surface area contributed by atoms with E-state index in [1.54, 1.807) is 24.3 Å². The first kappa shape index (κ1) is 25.6. The summed E-state index contributed by atoms with van der Waals surface area (Å²) in [7, 11) is 0. The van der Waals surface area contributed by atoms with E-state index in [9.17, 15) is 18.0 Å². The van der Waals surface area contributed by atoms with Crippen molar-refractivity contribution in [3.8, 4) is 23.2 Å². The average Bonchev–Trinajstić information content (AvgIpc) is 3.54. The molecule has 4 aromatic rings. The van der Waals surface area contributed by atoms with Crippen LogP contribution in [0.2, 0.25) is 5.02 Å². The Labute approximate surface area is 221 Å². The lowest BCUT2D eigenvalue weighted by molar-refractivity contribution is -0.141. The summed E-state index contributed by atoms with van der Waals surface area (Å²) in [5.41, 5.74) is 2.90. The van der Waals surface area contributed by atoms with Gasteiger partial charge in [-0.1, -0.05) is 29.8 Å². The number of pyridine rings is 1. The molecule has 0 bridgehead atoms. The fourth-order valence-electron chi connectivity index (χ4n) is 4.35. The molecule has 38 heavy (non-hydrogen) atoms. The van der Waals surface area contributed by atoms with Gasteiger partial charge in [0.2, 0.25) is 11.8 Å². The molecule has 0 aliphatic heterocycles. The zero-order chi connectivity index (χ0) is 26.9. The third-order valence-electron chi connectivity index (χ3n) is 6.13. The fourth-order valence-corrected chi connectivity index (χ4v) is 4.56. The van der Waals surface area contributed by atoms with Crippen molar-refractivity contribution in [3.05, 3.63) is 88.2 Å². The first-order valence-corrected chi connectivity index (χ1v) is 12.2. The second kappa shape index (κ2) is 10.4. The molecule has 0 saturated carbocycles. The molecule has 1 aliphatic rings. The van der Waals surface area contributed by atoms with Crippen LogP contribution in [0.5, 0.6) is 17.5 Å². The lowest BCUT2D eigenvalue weighted by Crippen LogP contribution is -2.21. The van der Waals surface area contributed by atoms with Crippen LogP contribution in [-0.2, 0) is 23.8 Å². The number of carbonyl (C=O) groups is 1. The van der Waals surface area contributed by atoms with Gasteiger partial charge < -0.3 is 14.8 Å². The predicted octanol–water partition coefficient (Wildman–Crippen LogP) is 6.55. The van der Waals surface area contributed by atoms with Crippen LogP contribution in [0.1, 0.15) is 28.8 Å². The van der Waals surface area contributed by atoms with Crippen molar-refractivity contribution in [1.82, 2.24) is 14.8 Å². The molecule has 196 valence electrons. The van der Waals surface area contributed by atoms with Gasteiger partial charge >= 0.3 is 6.18 Å². The van der Waals surface area contributed by atoms with Crippen LogP contribution in [0.4, 0.5) is 18.9 Å². The van der Waals surface area contributed by atoms with Crippen LogP contribution in [0.3, 0.4) is 0 Å². The van der Waals surface area contributed by atoms with Crippen LogP contribution >= 0.6 is 11.6 Å². The SMILES string of the molecule is Cc1ccc(Oc2ncccc2NC(=O)COc2cc(C(F)(F)F)nn2-c2ccccc2Cl)c2c1CCC2. The first-order chi connectivity index (χ1) is 18.2. The highest BCUT2D eigenvalue weighted by Crippen LogP contribution is 2.37. The van der Waals surface area contributed by atoms with Gasteiger partial charge in [-0.15, -0.1) is 0 Å². The number of halogens is 4. The van der Waals surface area contributed by atoms with Gasteiger partial charge in [-0.05, 0) is 73.2 Å². The number of aromatic nitrogens is 3. The van der Waals surface area contributed by atoms with Crippen LogP contribution in [-0.4, -0.2) is 27.3 Å². The monoisotopic (exact) mass is 542 g/mol. The Morgan fingerprint density at radius 3 is 2.68 bits per heavy atom. The van der Waals surface area contributed by atoms with E-state index in [0.717, 1.165) is 29.5 Å². The summed E-state index contributed by atoms with van der Waals surface area (Å²) < 4.78 is 52.5. The standard InChI is InChI=1S/C27H22ClF3N4O3/c1-16-11-12-22(18-7-4-6-17(16)18)38-26-20(9-5-13-32-26)33-24(36)15-37-25-14-23(27(29,30)31)34-35(25)21-10-3-2-8-19(21)28/h2-3,5,8-14H,4,6-7,15H2,1H3,(H,33,36). The van der Waals surface area contributed by atoms with Crippen molar-refractivity contribution < 1.29 is 27.4 Å². The number of aryl methyl sites for hydroxylation is 1. The number of hydrogen-bond donors (Lipinski definition) is 1. The van der Waals surface area contributed by atoms with Crippen molar-refractivity contribution in [3.63, 3.8) is 0 Å². The first-order valence-electron chi connectivity index (χ1n) is 11.8. The van der Waals surface area contributed by atoms with E-state index in [2.05, 4.69) is 22.3 Å². The molecular weight excluding hydrogens is 521 g/mol. The molecule has 1 aliphatic carbocycles. The number of benzene rings is 2. The van der Waals surface area contributed by atoms with Gasteiger partial charge in [-0.25, -0.2) is 4.98 Å². The maximum atomic E-state index is 13.3. The van der Waals surface area contributed by atoms with Gasteiger partial charge in [0, 0.05) is 12.3 Å². The van der Waals surface area contributed by atoms with E-state index in [1.807, 2.05) is 12.1 Å². The summed E-state index contributed by atoms with van der Waals surface area (Å²) in [6, 6.07) is 14.1. The summed E-state index contributed by atoms with van der Waals surface area (Å²) in [6.07, 6.45) is -0.252. The molecule has 0 unspecified atom stereocenters. The molecule has 1 N–H and O–H groups in total. The lowest BCUT2D eigenvalue weighted by Gasteiger charge is -2.15. The minimum absolute atomic E-state index is 0.165. The molecule has 2 aromatic carbocycles. The molecule has 0 atom stereocenters. The molecule has 1 amide bonds. The second-order valence-corrected chi connectivity index (χ2v) is 9.12. The summed E-state index contributed by atoms with van der Waals surface area (Å²) in [4.78, 5) is 17.0. The van der Waals surface area contributed by atoms with Crippen molar-refractivity contribution in [2.75, 3.05) is 11.9 Å². The molecule has 7 nitrogen and oxygen atoms in total. The van der Waals surface area contributed by atoms with Gasteiger partial charge in [-0.3, -0.25) is 4.79 Å². The predicted molar refractivity (Wildman–Crippen MR) is 135 cm³/mol. The van der Waals surface area contributed by atoms with E-state index in [-0.39, 0.29) is 22.5 Å².